The van der Waals surface area contributed by atoms with Gasteiger partial charge in [0.1, 0.15) is 48.5 Å². The second kappa shape index (κ2) is 10.9. The van der Waals surface area contributed by atoms with Crippen molar-refractivity contribution >= 4 is 15.4 Å². The van der Waals surface area contributed by atoms with Gasteiger partial charge in [0.15, 0.2) is 13.8 Å². The average Bonchev–Trinajstić information content (AvgIpc) is 3.06. The maximum atomic E-state index is 12.1. The van der Waals surface area contributed by atoms with Crippen LogP contribution in [0.1, 0.15) is 6.23 Å². The summed E-state index contributed by atoms with van der Waals surface area (Å²) in [6.45, 7) is -1.97. The Hall–Kier alpha value is -1.76. The Kier molecular flexibility index (Phi) is 8.74. The molecule has 204 valence electrons. The van der Waals surface area contributed by atoms with Crippen molar-refractivity contribution in [2.75, 3.05) is 13.2 Å². The number of aliphatic hydroxyl groups excluding tert-OH is 6. The van der Waals surface area contributed by atoms with Crippen LogP contribution in [-0.2, 0) is 27.4 Å². The molecule has 10 atom stereocenters. The van der Waals surface area contributed by atoms with Gasteiger partial charge in [-0.15, -0.1) is 0 Å². The Morgan fingerprint density at radius 2 is 1.69 bits per heavy atom. The van der Waals surface area contributed by atoms with Crippen LogP contribution in [0.25, 0.3) is 0 Å². The first kappa shape index (κ1) is 28.8. The minimum absolute atomic E-state index is 0.00658. The average molecular weight is 560 g/mol. The highest BCUT2D eigenvalue weighted by Gasteiger charge is 2.45. The Balaban J connectivity index is 1.67. The topological polar surface area (TPSA) is 293 Å². The van der Waals surface area contributed by atoms with Crippen molar-refractivity contribution in [2.45, 2.75) is 49.0 Å². The summed E-state index contributed by atoms with van der Waals surface area (Å²) in [6, 6.07) is 0.920. The molecule has 1 aromatic heterocycles. The van der Waals surface area contributed by atoms with E-state index in [4.69, 9.17) is 14.6 Å². The number of H-pyrrole nitrogens is 1. The first-order valence-electron chi connectivity index (χ1n) is 10.0. The Morgan fingerprint density at radius 3 is 2.31 bits per heavy atom. The zero-order valence-electron chi connectivity index (χ0n) is 17.9. The van der Waals surface area contributed by atoms with Crippen LogP contribution in [0, 0.1) is 0 Å². The van der Waals surface area contributed by atoms with Crippen LogP contribution in [0.4, 0.5) is 0 Å². The maximum absolute atomic E-state index is 12.1. The molecule has 0 bridgehead atoms. The number of hydrogen-bond acceptors (Lipinski definition) is 16. The van der Waals surface area contributed by atoms with Crippen molar-refractivity contribution in [1.29, 1.82) is 0 Å². The largest absolute Gasteiger partial charge is 0.775 e. The highest BCUT2D eigenvalue weighted by atomic mass is 31.3. The molecule has 7 N–H and O–H groups in total. The number of phosphoric acid groups is 1. The first-order valence-corrected chi connectivity index (χ1v) is 13.1. The number of rotatable bonds is 8. The summed E-state index contributed by atoms with van der Waals surface area (Å²) < 4.78 is 43.4. The van der Waals surface area contributed by atoms with Gasteiger partial charge in [-0.2, -0.15) is 0 Å². The van der Waals surface area contributed by atoms with Crippen LogP contribution in [0.2, 0.25) is 0 Å². The molecule has 2 saturated heterocycles. The summed E-state index contributed by atoms with van der Waals surface area (Å²) in [5.74, 6) is -0.927. The zero-order valence-corrected chi connectivity index (χ0v) is 19.7. The van der Waals surface area contributed by atoms with Crippen LogP contribution in [-0.4, -0.2) is 96.1 Å². The highest BCUT2D eigenvalue weighted by molar-refractivity contribution is 7.64. The van der Waals surface area contributed by atoms with Crippen molar-refractivity contribution < 1.29 is 67.9 Å². The van der Waals surface area contributed by atoms with Gasteiger partial charge in [0, 0.05) is 18.1 Å². The molecule has 0 spiro atoms. The molecule has 0 amide bonds. The van der Waals surface area contributed by atoms with Crippen molar-refractivity contribution in [1.82, 2.24) is 9.55 Å². The van der Waals surface area contributed by atoms with Gasteiger partial charge in [-0.25, -0.2) is 4.79 Å². The molecule has 2 aliphatic heterocycles. The summed E-state index contributed by atoms with van der Waals surface area (Å²) in [5.41, 5.74) is -1.76. The number of nitrogens with one attached hydrogen (secondary N) is 1. The fourth-order valence-corrected chi connectivity index (χ4v) is 5.72. The minimum atomic E-state index is -5.71. The van der Waals surface area contributed by atoms with E-state index in [1.165, 1.54) is 0 Å². The number of phosphoric ester groups is 1. The second-order valence-corrected chi connectivity index (χ2v) is 10.9. The van der Waals surface area contributed by atoms with Crippen LogP contribution in [0.3, 0.4) is 0 Å². The summed E-state index contributed by atoms with van der Waals surface area (Å²) in [6.07, 6.45) is -13.2. The predicted molar refractivity (Wildman–Crippen MR) is 108 cm³/mol. The normalized spacial score (nSPS) is 37.3. The molecule has 0 radical (unpaired) electrons. The smallest absolute Gasteiger partial charge is 0.330 e. The first-order chi connectivity index (χ1) is 16.7. The molecule has 0 aromatic carbocycles. The van der Waals surface area contributed by atoms with E-state index < -0.39 is 94.6 Å². The third kappa shape index (κ3) is 6.38. The number of aromatic amines is 1. The molecular formula is C16H22N2O16P2-2. The lowest BCUT2D eigenvalue weighted by Crippen LogP contribution is -2.53. The van der Waals surface area contributed by atoms with E-state index in [-0.39, 0.29) is 5.82 Å². The summed E-state index contributed by atoms with van der Waals surface area (Å²) in [7, 11) is -11.3. The predicted octanol–water partition coefficient (Wildman–Crippen LogP) is -5.47. The van der Waals surface area contributed by atoms with Crippen molar-refractivity contribution in [3.05, 3.63) is 44.7 Å². The van der Waals surface area contributed by atoms with E-state index in [1.54, 1.807) is 0 Å². The number of ether oxygens (including phenoxy) is 2. The van der Waals surface area contributed by atoms with Gasteiger partial charge in [-0.1, -0.05) is 0 Å². The Morgan fingerprint density at radius 1 is 1.06 bits per heavy atom. The molecule has 3 rings (SSSR count). The fraction of sp³-hybridized carbons (Fsp3) is 0.625. The molecule has 3 heterocycles. The summed E-state index contributed by atoms with van der Waals surface area (Å²) in [4.78, 5) is 49.1. The molecule has 36 heavy (non-hydrogen) atoms. The molecule has 18 nitrogen and oxygen atoms in total. The van der Waals surface area contributed by atoms with Crippen molar-refractivity contribution in [3.63, 3.8) is 0 Å². The minimum Gasteiger partial charge on any atom is -0.775 e. The summed E-state index contributed by atoms with van der Waals surface area (Å²) >= 11 is 0. The number of hydrogen-bond donors (Lipinski definition) is 7. The molecular weight excluding hydrogens is 538 g/mol. The molecule has 20 heteroatoms. The maximum Gasteiger partial charge on any atom is 0.330 e. The number of aromatic nitrogens is 2. The lowest BCUT2D eigenvalue weighted by molar-refractivity contribution is -0.232. The number of aliphatic hydroxyl groups is 6. The van der Waals surface area contributed by atoms with E-state index in [2.05, 4.69) is 8.83 Å². The van der Waals surface area contributed by atoms with E-state index >= 15 is 0 Å². The van der Waals surface area contributed by atoms with Gasteiger partial charge < -0.3 is 59.0 Å². The fourth-order valence-electron chi connectivity index (χ4n) is 3.37. The molecule has 2 unspecified atom stereocenters. The van der Waals surface area contributed by atoms with E-state index in [1.807, 2.05) is 4.98 Å². The second-order valence-electron chi connectivity index (χ2n) is 7.72. The summed E-state index contributed by atoms with van der Waals surface area (Å²) in [5, 5.41) is 58.6. The molecule has 0 saturated carbocycles. The lowest BCUT2D eigenvalue weighted by Gasteiger charge is -2.38. The quantitative estimate of drug-likeness (QED) is 0.146. The zero-order chi connectivity index (χ0) is 27.0. The van der Waals surface area contributed by atoms with Crippen LogP contribution < -0.4 is 21.0 Å². The van der Waals surface area contributed by atoms with Gasteiger partial charge >= 0.3 is 5.69 Å². The van der Waals surface area contributed by atoms with E-state index in [9.17, 15) is 54.0 Å². The molecule has 0 aliphatic carbocycles. The Labute approximate surface area is 200 Å². The molecule has 1 aromatic rings. The Bertz CT molecular complexity index is 1180. The van der Waals surface area contributed by atoms with E-state index in [0.29, 0.717) is 4.57 Å². The van der Waals surface area contributed by atoms with Crippen molar-refractivity contribution in [2.24, 2.45) is 0 Å². The van der Waals surface area contributed by atoms with Gasteiger partial charge in [0.05, 0.1) is 13.2 Å². The number of nitrogens with zero attached hydrogens (tertiary/aromatic N) is 1. The standard InChI is InChI=1S/C16H24N2O16P2/c19-3-6-10(21)13(24)12(23)8(32-6)5-35(27,28)34-36(29,30)31-4-7-11(22)14(25)15(33-7)18-2-1-9(20)17-16(18)26/h1-2,5-7,10-15,19,21-25H,3-4H2,(H,27,28)(H,29,30)(H,17,20,26)/p-2/b8-5-/t6-,7-,10+,11-,12+,13+,14-,15-/m1/s1. The van der Waals surface area contributed by atoms with Gasteiger partial charge in [0.2, 0.25) is 0 Å². The van der Waals surface area contributed by atoms with Crippen molar-refractivity contribution in [3.8, 4) is 0 Å². The molecule has 2 aliphatic rings. The lowest BCUT2D eigenvalue weighted by atomic mass is 9.99. The third-order valence-corrected chi connectivity index (χ3v) is 7.92. The van der Waals surface area contributed by atoms with Gasteiger partial charge in [-0.05, 0) is 0 Å². The SMILES string of the molecule is O=c1ccn([C@@H]2O[C@H](COP(=O)([O-])OP(=O)([O-])/C=C3\O[C@H](CO)[C@H](O)[C@H](O)[C@H]3O)[C@@H](O)[C@H]2O)c(=O)[nH]1. The van der Waals surface area contributed by atoms with Crippen LogP contribution in [0.15, 0.2) is 33.4 Å². The third-order valence-electron chi connectivity index (χ3n) is 5.17. The highest BCUT2D eigenvalue weighted by Crippen LogP contribution is 2.57. The van der Waals surface area contributed by atoms with Gasteiger partial charge in [-0.3, -0.25) is 23.2 Å². The van der Waals surface area contributed by atoms with Gasteiger partial charge in [0.25, 0.3) is 13.4 Å². The van der Waals surface area contributed by atoms with Crippen LogP contribution in [0.5, 0.6) is 0 Å². The van der Waals surface area contributed by atoms with Crippen LogP contribution >= 0.6 is 15.4 Å². The van der Waals surface area contributed by atoms with E-state index in [0.717, 1.165) is 12.3 Å². The molecule has 2 fully saturated rings. The monoisotopic (exact) mass is 560 g/mol.